The highest BCUT2D eigenvalue weighted by Gasteiger charge is 2.21. The van der Waals surface area contributed by atoms with Gasteiger partial charge in [-0.3, -0.25) is 0 Å². The second-order valence-corrected chi connectivity index (χ2v) is 4.79. The molecule has 0 fully saturated rings. The first-order valence-corrected chi connectivity index (χ1v) is 7.27. The minimum atomic E-state index is -4.94. The van der Waals surface area contributed by atoms with Crippen molar-refractivity contribution in [3.8, 4) is 17.1 Å². The van der Waals surface area contributed by atoms with Gasteiger partial charge in [0, 0.05) is 17.2 Å². The van der Waals surface area contributed by atoms with Crippen molar-refractivity contribution in [1.29, 1.82) is 0 Å². The molecule has 114 valence electrons. The molecule has 0 aliphatic heterocycles. The Bertz CT molecular complexity index is 638. The molecule has 0 saturated carbocycles. The van der Waals surface area contributed by atoms with Crippen LogP contribution in [-0.4, -0.2) is 5.10 Å². The van der Waals surface area contributed by atoms with Gasteiger partial charge in [0.05, 0.1) is 5.56 Å². The van der Waals surface area contributed by atoms with E-state index >= 15 is 0 Å². The van der Waals surface area contributed by atoms with Crippen molar-refractivity contribution in [2.75, 3.05) is 0 Å². The lowest BCUT2D eigenvalue weighted by molar-refractivity contribution is -2.00. The Morgan fingerprint density at radius 1 is 0.818 bits per heavy atom. The third kappa shape index (κ3) is 4.92. The van der Waals surface area contributed by atoms with E-state index < -0.39 is 10.2 Å². The molecule has 0 N–H and O–H groups in total. The molecule has 0 amide bonds. The average Bonchev–Trinajstić information content (AvgIpc) is 2.97. The van der Waals surface area contributed by atoms with E-state index in [1.165, 1.54) is 6.39 Å². The summed E-state index contributed by atoms with van der Waals surface area (Å²) in [5.74, 6) is 0.733. The molecule has 0 unspecified atom stereocenters. The Morgan fingerprint density at radius 2 is 1.32 bits per heavy atom. The van der Waals surface area contributed by atoms with Crippen molar-refractivity contribution >= 4 is 0 Å². The summed E-state index contributed by atoms with van der Waals surface area (Å²) in [6, 6.07) is 19.9. The minimum absolute atomic E-state index is 0.733. The zero-order valence-corrected chi connectivity index (χ0v) is 11.9. The second-order valence-electron chi connectivity index (χ2n) is 4.04. The highest BCUT2D eigenvalue weighted by atomic mass is 35.7. The van der Waals surface area contributed by atoms with Crippen LogP contribution in [0, 0.1) is 10.2 Å². The Hall–Kier alpha value is -2.29. The zero-order chi connectivity index (χ0) is 16.0. The second kappa shape index (κ2) is 7.12. The molecule has 0 aliphatic carbocycles. The predicted octanol–water partition coefficient (Wildman–Crippen LogP) is -2.14. The van der Waals surface area contributed by atoms with Crippen LogP contribution in [0.3, 0.4) is 0 Å². The first-order chi connectivity index (χ1) is 10.4. The van der Waals surface area contributed by atoms with Crippen LogP contribution in [0.5, 0.6) is 0 Å². The van der Waals surface area contributed by atoms with Crippen molar-refractivity contribution < 1.29 is 38.0 Å². The topological polar surface area (TPSA) is 122 Å². The molecule has 0 atom stereocenters. The Balaban J connectivity index is 0.000000309. The van der Waals surface area contributed by atoms with Gasteiger partial charge in [0.1, 0.15) is 0 Å². The van der Waals surface area contributed by atoms with E-state index in [4.69, 9.17) is 23.1 Å². The smallest absolute Gasteiger partial charge is 0.384 e. The fraction of sp³-hybridized carbons (Fsp3) is 0. The van der Waals surface area contributed by atoms with Gasteiger partial charge in [0.15, 0.2) is 0 Å². The number of halogens is 1. The quantitative estimate of drug-likeness (QED) is 0.496. The summed E-state index contributed by atoms with van der Waals surface area (Å²) in [4.78, 5) is 0. The fourth-order valence-corrected chi connectivity index (χ4v) is 1.75. The normalized spacial score (nSPS) is 10.7. The van der Waals surface area contributed by atoms with Crippen LogP contribution < -0.4 is 23.3 Å². The van der Waals surface area contributed by atoms with Crippen LogP contribution in [0.1, 0.15) is 0 Å². The molecule has 0 radical (unpaired) electrons. The Morgan fingerprint density at radius 3 is 1.86 bits per heavy atom. The summed E-state index contributed by atoms with van der Waals surface area (Å²) in [6.45, 7) is 0. The molecule has 0 spiro atoms. The molecule has 0 aliphatic rings. The molecular weight excluding hydrogens is 312 g/mol. The van der Waals surface area contributed by atoms with Gasteiger partial charge in [-0.1, -0.05) is 36.4 Å². The SMILES string of the molecule is [O-][Cl+3]([O-])([O-])[O-].c1ccc(-c2ocn[n+]2-c2ccccc2)cc1. The third-order valence-electron chi connectivity index (χ3n) is 2.54. The van der Waals surface area contributed by atoms with Gasteiger partial charge in [-0.25, -0.2) is 18.6 Å². The number of aromatic nitrogens is 2. The number of hydrogen-bond acceptors (Lipinski definition) is 6. The molecule has 0 bridgehead atoms. The molecule has 3 rings (SSSR count). The van der Waals surface area contributed by atoms with Crippen molar-refractivity contribution in [3.05, 3.63) is 67.1 Å². The monoisotopic (exact) mass is 322 g/mol. The Labute approximate surface area is 128 Å². The molecule has 3 aromatic rings. The minimum Gasteiger partial charge on any atom is -0.384 e. The summed E-state index contributed by atoms with van der Waals surface area (Å²) in [7, 11) is -4.94. The molecule has 0 saturated heterocycles. The van der Waals surface area contributed by atoms with E-state index in [1.54, 1.807) is 4.68 Å². The van der Waals surface area contributed by atoms with Gasteiger partial charge >= 0.3 is 5.89 Å². The standard InChI is InChI=1S/C14H11N2O.ClHO4/c1-3-7-12(8-4-1)14-16(15-11-17-14)13-9-5-2-6-10-13;2-1(3,4)5/h1-11H;(H,2,3,4,5)/q+1;/p-1. The van der Waals surface area contributed by atoms with Gasteiger partial charge in [-0.15, -0.1) is 10.2 Å². The molecule has 7 nitrogen and oxygen atoms in total. The first kappa shape index (κ1) is 16.1. The van der Waals surface area contributed by atoms with Crippen molar-refractivity contribution in [3.63, 3.8) is 0 Å². The summed E-state index contributed by atoms with van der Waals surface area (Å²) in [5, 5.41) is 4.21. The number of benzene rings is 2. The Kier molecular flexibility index (Phi) is 5.21. The zero-order valence-electron chi connectivity index (χ0n) is 11.2. The number of rotatable bonds is 2. The van der Waals surface area contributed by atoms with Crippen LogP contribution in [-0.2, 0) is 0 Å². The highest BCUT2D eigenvalue weighted by molar-refractivity contribution is 5.49. The van der Waals surface area contributed by atoms with Crippen LogP contribution in [0.15, 0.2) is 71.5 Å². The lowest BCUT2D eigenvalue weighted by Crippen LogP contribution is -2.68. The lowest BCUT2D eigenvalue weighted by atomic mass is 10.2. The summed E-state index contributed by atoms with van der Waals surface area (Å²) in [6.07, 6.45) is 1.45. The van der Waals surface area contributed by atoms with Gasteiger partial charge < -0.3 is 4.42 Å². The largest absolute Gasteiger partial charge is 0.413 e. The molecule has 1 heterocycles. The highest BCUT2D eigenvalue weighted by Crippen LogP contribution is 2.15. The maximum atomic E-state index is 8.49. The first-order valence-electron chi connectivity index (χ1n) is 6.03. The van der Waals surface area contributed by atoms with Crippen LogP contribution in [0.4, 0.5) is 0 Å². The van der Waals surface area contributed by atoms with Crippen molar-refractivity contribution in [1.82, 2.24) is 5.10 Å². The van der Waals surface area contributed by atoms with Crippen molar-refractivity contribution in [2.45, 2.75) is 0 Å². The third-order valence-corrected chi connectivity index (χ3v) is 2.54. The summed E-state index contributed by atoms with van der Waals surface area (Å²) >= 11 is 0. The summed E-state index contributed by atoms with van der Waals surface area (Å²) < 4.78 is 41.2. The van der Waals surface area contributed by atoms with E-state index in [0.29, 0.717) is 0 Å². The van der Waals surface area contributed by atoms with E-state index in [1.807, 2.05) is 60.7 Å². The maximum absolute atomic E-state index is 8.49. The van der Waals surface area contributed by atoms with E-state index in [2.05, 4.69) is 5.10 Å². The van der Waals surface area contributed by atoms with E-state index in [-0.39, 0.29) is 0 Å². The average molecular weight is 323 g/mol. The molecule has 22 heavy (non-hydrogen) atoms. The maximum Gasteiger partial charge on any atom is 0.413 e. The molecular formula is C14H11ClN2O5. The van der Waals surface area contributed by atoms with Crippen LogP contribution in [0.2, 0.25) is 0 Å². The van der Waals surface area contributed by atoms with E-state index in [0.717, 1.165) is 17.1 Å². The number of nitrogens with zero attached hydrogens (tertiary/aromatic N) is 2. The number of hydrogen-bond donors (Lipinski definition) is 0. The predicted molar refractivity (Wildman–Crippen MR) is 63.5 cm³/mol. The van der Waals surface area contributed by atoms with E-state index in [9.17, 15) is 0 Å². The van der Waals surface area contributed by atoms with Gasteiger partial charge in [0.25, 0.3) is 6.39 Å². The van der Waals surface area contributed by atoms with Crippen LogP contribution >= 0.6 is 0 Å². The van der Waals surface area contributed by atoms with Crippen molar-refractivity contribution in [2.24, 2.45) is 0 Å². The fourth-order valence-electron chi connectivity index (χ4n) is 1.75. The van der Waals surface area contributed by atoms with Gasteiger partial charge in [-0.05, 0) is 16.8 Å². The summed E-state index contributed by atoms with van der Waals surface area (Å²) in [5.41, 5.74) is 1.99. The molecule has 2 aromatic carbocycles. The van der Waals surface area contributed by atoms with Gasteiger partial charge in [-0.2, -0.15) is 0 Å². The molecule has 8 heteroatoms. The number of para-hydroxylation sites is 1. The van der Waals surface area contributed by atoms with Crippen LogP contribution in [0.25, 0.3) is 17.1 Å². The van der Waals surface area contributed by atoms with Gasteiger partial charge in [0.2, 0.25) is 5.69 Å². The molecule has 1 aromatic heterocycles. The lowest BCUT2D eigenvalue weighted by Gasteiger charge is -2.17.